The molecule has 1 rings (SSSR count). The molecule has 0 N–H and O–H groups in total. The van der Waals surface area contributed by atoms with Crippen molar-refractivity contribution < 1.29 is 4.79 Å². The zero-order chi connectivity index (χ0) is 6.69. The van der Waals surface area contributed by atoms with Crippen LogP contribution in [0.4, 0.5) is 5.13 Å². The summed E-state index contributed by atoms with van der Waals surface area (Å²) < 4.78 is 0. The third kappa shape index (κ3) is 1.45. The fraction of sp³-hybridized carbons (Fsp3) is 0.200. The van der Waals surface area contributed by atoms with Crippen molar-refractivity contribution in [1.29, 1.82) is 0 Å². The van der Waals surface area contributed by atoms with Crippen LogP contribution in [0.3, 0.4) is 0 Å². The van der Waals surface area contributed by atoms with E-state index < -0.39 is 0 Å². The summed E-state index contributed by atoms with van der Waals surface area (Å²) in [6.07, 6.45) is 1.42. The minimum atomic E-state index is 0.475. The summed E-state index contributed by atoms with van der Waals surface area (Å²) in [4.78, 5) is 16.9. The first-order valence-corrected chi connectivity index (χ1v) is 3.21. The Kier molecular flexibility index (Phi) is 1.72. The third-order valence-electron chi connectivity index (χ3n) is 0.748. The Hall–Kier alpha value is -0.990. The second-order valence-electron chi connectivity index (χ2n) is 1.47. The average molecular weight is 140 g/mol. The Balaban J connectivity index is 2.97. The summed E-state index contributed by atoms with van der Waals surface area (Å²) in [5.74, 6) is 0. The van der Waals surface area contributed by atoms with Crippen LogP contribution >= 0.6 is 11.3 Å². The predicted octanol–water partition coefficient (Wildman–Crippen LogP) is 1.42. The minimum Gasteiger partial charge on any atom is -0.223 e. The fourth-order valence-electron chi connectivity index (χ4n) is 0.432. The zero-order valence-corrected chi connectivity index (χ0v) is 5.60. The largest absolute Gasteiger partial charge is 0.242 e. The second-order valence-corrected chi connectivity index (χ2v) is 2.31. The van der Waals surface area contributed by atoms with Gasteiger partial charge in [-0.15, -0.1) is 16.3 Å². The first kappa shape index (κ1) is 6.13. The molecule has 0 unspecified atom stereocenters. The van der Waals surface area contributed by atoms with Gasteiger partial charge in [-0.25, -0.2) is 9.78 Å². The fourth-order valence-corrected chi connectivity index (χ4v) is 1.05. The minimum absolute atomic E-state index is 0.475. The molecule has 1 aromatic rings. The number of aryl methyl sites for hydroxylation is 1. The SMILES string of the molecule is Cc1csc(N=C=O)n1. The average Bonchev–Trinajstić information content (AvgIpc) is 2.17. The first-order chi connectivity index (χ1) is 4.33. The molecule has 0 aliphatic heterocycles. The van der Waals surface area contributed by atoms with Crippen molar-refractivity contribution in [2.45, 2.75) is 6.92 Å². The monoisotopic (exact) mass is 140 g/mol. The smallest absolute Gasteiger partial charge is 0.223 e. The molecule has 0 saturated heterocycles. The van der Waals surface area contributed by atoms with Crippen LogP contribution in [0.2, 0.25) is 0 Å². The highest BCUT2D eigenvalue weighted by Gasteiger charge is 1.92. The molecule has 0 saturated carbocycles. The van der Waals surface area contributed by atoms with Crippen molar-refractivity contribution in [3.8, 4) is 0 Å². The molecule has 0 aliphatic rings. The number of rotatable bonds is 1. The van der Waals surface area contributed by atoms with Crippen molar-refractivity contribution in [3.63, 3.8) is 0 Å². The first-order valence-electron chi connectivity index (χ1n) is 2.33. The molecule has 3 nitrogen and oxygen atoms in total. The molecule has 1 aromatic heterocycles. The molecule has 46 valence electrons. The van der Waals surface area contributed by atoms with Crippen LogP contribution < -0.4 is 0 Å². The Bertz CT molecular complexity index is 249. The van der Waals surface area contributed by atoms with E-state index in [-0.39, 0.29) is 0 Å². The molecule has 0 atom stereocenters. The highest BCUT2D eigenvalue weighted by Crippen LogP contribution is 2.16. The molecule has 1 heterocycles. The summed E-state index contributed by atoms with van der Waals surface area (Å²) in [6.45, 7) is 1.85. The molecule has 9 heavy (non-hydrogen) atoms. The molecule has 0 radical (unpaired) electrons. The molecule has 0 aromatic carbocycles. The van der Waals surface area contributed by atoms with Crippen molar-refractivity contribution in [3.05, 3.63) is 11.1 Å². The lowest BCUT2D eigenvalue weighted by Gasteiger charge is -1.72. The van der Waals surface area contributed by atoms with Gasteiger partial charge >= 0.3 is 0 Å². The van der Waals surface area contributed by atoms with Gasteiger partial charge in [0, 0.05) is 5.38 Å². The van der Waals surface area contributed by atoms with Crippen molar-refractivity contribution >= 4 is 22.5 Å². The summed E-state index contributed by atoms with van der Waals surface area (Å²) >= 11 is 1.33. The van der Waals surface area contributed by atoms with Gasteiger partial charge in [0.25, 0.3) is 0 Å². The number of isocyanates is 1. The molecule has 0 fully saturated rings. The number of aliphatic imine (C=N–C) groups is 1. The van der Waals surface area contributed by atoms with E-state index in [0.29, 0.717) is 5.13 Å². The van der Waals surface area contributed by atoms with Crippen molar-refractivity contribution in [2.75, 3.05) is 0 Å². The summed E-state index contributed by atoms with van der Waals surface area (Å²) in [5, 5.41) is 2.30. The van der Waals surface area contributed by atoms with Crippen LogP contribution in [-0.2, 0) is 4.79 Å². The van der Waals surface area contributed by atoms with Gasteiger partial charge in [-0.1, -0.05) is 0 Å². The molecule has 4 heteroatoms. The second kappa shape index (κ2) is 2.53. The van der Waals surface area contributed by atoms with E-state index in [9.17, 15) is 4.79 Å². The van der Waals surface area contributed by atoms with E-state index in [1.165, 1.54) is 17.4 Å². The van der Waals surface area contributed by atoms with Gasteiger partial charge in [0.15, 0.2) is 0 Å². The highest BCUT2D eigenvalue weighted by atomic mass is 32.1. The van der Waals surface area contributed by atoms with Gasteiger partial charge in [0.05, 0.1) is 5.69 Å². The number of hydrogen-bond donors (Lipinski definition) is 0. The number of thiazole rings is 1. The maximum Gasteiger partial charge on any atom is 0.242 e. The molecule has 0 amide bonds. The maximum atomic E-state index is 9.66. The molecule has 0 spiro atoms. The quantitative estimate of drug-likeness (QED) is 0.437. The van der Waals surface area contributed by atoms with E-state index in [1.807, 2.05) is 12.3 Å². The van der Waals surface area contributed by atoms with E-state index in [0.717, 1.165) is 5.69 Å². The lowest BCUT2D eigenvalue weighted by atomic mass is 10.6. The van der Waals surface area contributed by atoms with E-state index in [1.54, 1.807) is 0 Å². The molecule has 0 aliphatic carbocycles. The van der Waals surface area contributed by atoms with Crippen LogP contribution in [0.25, 0.3) is 0 Å². The van der Waals surface area contributed by atoms with Crippen LogP contribution in [-0.4, -0.2) is 11.1 Å². The summed E-state index contributed by atoms with van der Waals surface area (Å²) in [5.41, 5.74) is 0.883. The van der Waals surface area contributed by atoms with Crippen molar-refractivity contribution in [1.82, 2.24) is 4.98 Å². The van der Waals surface area contributed by atoms with Gasteiger partial charge in [0.2, 0.25) is 11.2 Å². The Labute approximate surface area is 56.1 Å². The predicted molar refractivity (Wildman–Crippen MR) is 34.6 cm³/mol. The van der Waals surface area contributed by atoms with Gasteiger partial charge < -0.3 is 0 Å². The van der Waals surface area contributed by atoms with Gasteiger partial charge in [-0.2, -0.15) is 0 Å². The number of aromatic nitrogens is 1. The maximum absolute atomic E-state index is 9.66. The third-order valence-corrected chi connectivity index (χ3v) is 1.60. The van der Waals surface area contributed by atoms with E-state index in [4.69, 9.17) is 0 Å². The highest BCUT2D eigenvalue weighted by molar-refractivity contribution is 7.13. The van der Waals surface area contributed by atoms with E-state index >= 15 is 0 Å². The number of nitrogens with zero attached hydrogens (tertiary/aromatic N) is 2. The molecule has 0 bridgehead atoms. The topological polar surface area (TPSA) is 42.3 Å². The zero-order valence-electron chi connectivity index (χ0n) is 4.79. The van der Waals surface area contributed by atoms with Crippen LogP contribution in [0.5, 0.6) is 0 Å². The summed E-state index contributed by atoms with van der Waals surface area (Å²) in [7, 11) is 0. The standard InChI is InChI=1S/C5H4N2OS/c1-4-2-9-5(7-4)6-3-8/h2H,1H3. The lowest BCUT2D eigenvalue weighted by molar-refractivity contribution is 0.565. The van der Waals surface area contributed by atoms with Gasteiger partial charge in [-0.05, 0) is 6.92 Å². The van der Waals surface area contributed by atoms with Crippen LogP contribution in [0.15, 0.2) is 10.4 Å². The van der Waals surface area contributed by atoms with Crippen LogP contribution in [0.1, 0.15) is 5.69 Å². The summed E-state index contributed by atoms with van der Waals surface area (Å²) in [6, 6.07) is 0. The number of carbonyl (C=O) groups excluding carboxylic acids is 1. The van der Waals surface area contributed by atoms with Gasteiger partial charge in [-0.3, -0.25) is 0 Å². The van der Waals surface area contributed by atoms with Crippen molar-refractivity contribution in [2.24, 2.45) is 4.99 Å². The normalized spacial score (nSPS) is 8.56. The van der Waals surface area contributed by atoms with Gasteiger partial charge in [0.1, 0.15) is 0 Å². The van der Waals surface area contributed by atoms with E-state index in [2.05, 4.69) is 9.98 Å². The lowest BCUT2D eigenvalue weighted by Crippen LogP contribution is -1.64. The Morgan fingerprint density at radius 2 is 2.67 bits per heavy atom. The molecular weight excluding hydrogens is 136 g/mol. The Morgan fingerprint density at radius 1 is 1.89 bits per heavy atom. The number of hydrogen-bond acceptors (Lipinski definition) is 4. The Morgan fingerprint density at radius 3 is 3.11 bits per heavy atom. The molecular formula is C5H4N2OS. The van der Waals surface area contributed by atoms with Crippen LogP contribution in [0, 0.1) is 6.92 Å².